The highest BCUT2D eigenvalue weighted by Gasteiger charge is 2.19. The Labute approximate surface area is 152 Å². The lowest BCUT2D eigenvalue weighted by Crippen LogP contribution is -2.34. The minimum atomic E-state index is -0.531. The van der Waals surface area contributed by atoms with Crippen molar-refractivity contribution in [3.05, 3.63) is 54.1 Å². The van der Waals surface area contributed by atoms with Crippen molar-refractivity contribution in [3.63, 3.8) is 0 Å². The Bertz CT molecular complexity index is 926. The smallest absolute Gasteiger partial charge is 0.408 e. The molecule has 0 bridgehead atoms. The van der Waals surface area contributed by atoms with Gasteiger partial charge in [-0.25, -0.2) is 9.48 Å². The fourth-order valence-electron chi connectivity index (χ4n) is 2.73. The molecule has 3 aromatic rings. The van der Waals surface area contributed by atoms with Gasteiger partial charge in [-0.3, -0.25) is 0 Å². The zero-order chi connectivity index (χ0) is 18.9. The number of aromatic nitrogens is 2. The van der Waals surface area contributed by atoms with Crippen LogP contribution >= 0.6 is 0 Å². The highest BCUT2D eigenvalue weighted by atomic mass is 16.6. The molecule has 1 aromatic heterocycles. The number of ether oxygens (including phenoxy) is 1. The third kappa shape index (κ3) is 3.79. The van der Waals surface area contributed by atoms with Gasteiger partial charge < -0.3 is 15.8 Å². The summed E-state index contributed by atoms with van der Waals surface area (Å²) in [5, 5.41) is 8.33. The molecule has 1 atom stereocenters. The molecule has 6 nitrogen and oxygen atoms in total. The first-order chi connectivity index (χ1) is 12.2. The van der Waals surface area contributed by atoms with E-state index in [2.05, 4.69) is 10.4 Å². The quantitative estimate of drug-likeness (QED) is 0.740. The van der Waals surface area contributed by atoms with Crippen LogP contribution in [0, 0.1) is 0 Å². The number of amides is 1. The SMILES string of the molecule is C[C@H](NC(=O)OC(C)(C)C)c1ccc2c(N)n(-c3ccccc3)nc2c1. The number of hydrogen-bond acceptors (Lipinski definition) is 4. The number of para-hydroxylation sites is 1. The third-order valence-electron chi connectivity index (χ3n) is 3.97. The highest BCUT2D eigenvalue weighted by Crippen LogP contribution is 2.26. The van der Waals surface area contributed by atoms with Gasteiger partial charge in [0.2, 0.25) is 0 Å². The summed E-state index contributed by atoms with van der Waals surface area (Å²) >= 11 is 0. The van der Waals surface area contributed by atoms with E-state index in [0.29, 0.717) is 5.82 Å². The van der Waals surface area contributed by atoms with Gasteiger partial charge in [0.1, 0.15) is 11.4 Å². The van der Waals surface area contributed by atoms with Crippen LogP contribution in [0.3, 0.4) is 0 Å². The standard InChI is InChI=1S/C20H24N4O2/c1-13(22-19(25)26-20(2,3)4)14-10-11-16-17(12-14)23-24(18(16)21)15-8-6-5-7-9-15/h5-13H,21H2,1-4H3,(H,22,25)/t13-/m0/s1. The summed E-state index contributed by atoms with van der Waals surface area (Å²) in [5.74, 6) is 0.588. The van der Waals surface area contributed by atoms with E-state index in [9.17, 15) is 4.79 Å². The lowest BCUT2D eigenvalue weighted by molar-refractivity contribution is 0.0508. The average Bonchev–Trinajstić information content (AvgIpc) is 2.90. The van der Waals surface area contributed by atoms with E-state index in [1.165, 1.54) is 0 Å². The van der Waals surface area contributed by atoms with Crippen molar-refractivity contribution in [3.8, 4) is 5.69 Å². The first-order valence-corrected chi connectivity index (χ1v) is 8.58. The molecule has 0 aliphatic rings. The summed E-state index contributed by atoms with van der Waals surface area (Å²) in [4.78, 5) is 12.0. The molecule has 0 saturated carbocycles. The van der Waals surface area contributed by atoms with E-state index in [-0.39, 0.29) is 6.04 Å². The predicted octanol–water partition coefficient (Wildman–Crippen LogP) is 4.19. The van der Waals surface area contributed by atoms with Crippen LogP contribution in [0.5, 0.6) is 0 Å². The van der Waals surface area contributed by atoms with Crippen molar-refractivity contribution in [2.45, 2.75) is 39.3 Å². The molecule has 2 aromatic carbocycles. The molecule has 136 valence electrons. The number of fused-ring (bicyclic) bond motifs is 1. The van der Waals surface area contributed by atoms with E-state index in [1.807, 2.05) is 76.2 Å². The first kappa shape index (κ1) is 17.8. The summed E-state index contributed by atoms with van der Waals surface area (Å²) in [7, 11) is 0. The maximum Gasteiger partial charge on any atom is 0.408 e. The van der Waals surface area contributed by atoms with Crippen LogP contribution in [0.15, 0.2) is 48.5 Å². The van der Waals surface area contributed by atoms with E-state index >= 15 is 0 Å². The summed E-state index contributed by atoms with van der Waals surface area (Å²) in [5.41, 5.74) is 8.34. The summed E-state index contributed by atoms with van der Waals surface area (Å²) < 4.78 is 7.03. The normalized spacial score (nSPS) is 12.8. The number of hydrogen-bond donors (Lipinski definition) is 2. The van der Waals surface area contributed by atoms with Gasteiger partial charge >= 0.3 is 6.09 Å². The number of nitrogens with one attached hydrogen (secondary N) is 1. The molecule has 0 unspecified atom stereocenters. The molecule has 0 aliphatic heterocycles. The Hall–Kier alpha value is -3.02. The summed E-state index contributed by atoms with van der Waals surface area (Å²) in [6.45, 7) is 7.41. The van der Waals surface area contributed by atoms with Crippen molar-refractivity contribution in [1.82, 2.24) is 15.1 Å². The molecular weight excluding hydrogens is 328 g/mol. The number of carbonyl (C=O) groups is 1. The average molecular weight is 352 g/mol. The molecule has 0 saturated heterocycles. The van der Waals surface area contributed by atoms with E-state index in [0.717, 1.165) is 22.2 Å². The van der Waals surface area contributed by atoms with Crippen LogP contribution in [0.25, 0.3) is 16.6 Å². The number of carbonyl (C=O) groups excluding carboxylic acids is 1. The van der Waals surface area contributed by atoms with Crippen molar-refractivity contribution >= 4 is 22.8 Å². The Morgan fingerprint density at radius 3 is 2.54 bits per heavy atom. The zero-order valence-corrected chi connectivity index (χ0v) is 15.5. The minimum Gasteiger partial charge on any atom is -0.444 e. The second kappa shape index (κ2) is 6.71. The van der Waals surface area contributed by atoms with Gasteiger partial charge in [0.25, 0.3) is 0 Å². The molecule has 6 heteroatoms. The Kier molecular flexibility index (Phi) is 4.59. The monoisotopic (exact) mass is 352 g/mol. The van der Waals surface area contributed by atoms with Crippen molar-refractivity contribution in [1.29, 1.82) is 0 Å². The molecule has 0 fully saturated rings. The second-order valence-corrected chi connectivity index (χ2v) is 7.28. The molecule has 1 amide bonds. The van der Waals surface area contributed by atoms with Crippen LogP contribution in [0.2, 0.25) is 0 Å². The summed E-state index contributed by atoms with van der Waals surface area (Å²) in [6, 6.07) is 15.3. The third-order valence-corrected chi connectivity index (χ3v) is 3.97. The molecule has 1 heterocycles. The van der Waals surface area contributed by atoms with Crippen LogP contribution in [-0.2, 0) is 4.74 Å². The van der Waals surface area contributed by atoms with Crippen LogP contribution in [-0.4, -0.2) is 21.5 Å². The summed E-state index contributed by atoms with van der Waals surface area (Å²) in [6.07, 6.45) is -0.445. The fraction of sp³-hybridized carbons (Fsp3) is 0.300. The molecule has 3 rings (SSSR count). The highest BCUT2D eigenvalue weighted by molar-refractivity contribution is 5.90. The maximum atomic E-state index is 12.0. The second-order valence-electron chi connectivity index (χ2n) is 7.28. The molecule has 0 spiro atoms. The van der Waals surface area contributed by atoms with Gasteiger partial charge in [-0.1, -0.05) is 24.3 Å². The number of nitrogens with zero attached hydrogens (tertiary/aromatic N) is 2. The minimum absolute atomic E-state index is 0.211. The van der Waals surface area contributed by atoms with Gasteiger partial charge in [0, 0.05) is 5.39 Å². The van der Waals surface area contributed by atoms with E-state index in [4.69, 9.17) is 10.5 Å². The van der Waals surface area contributed by atoms with Crippen molar-refractivity contribution in [2.24, 2.45) is 0 Å². The van der Waals surface area contributed by atoms with E-state index < -0.39 is 11.7 Å². The number of rotatable bonds is 3. The number of nitrogens with two attached hydrogens (primary N) is 1. The molecule has 3 N–H and O–H groups in total. The lowest BCUT2D eigenvalue weighted by atomic mass is 10.1. The lowest BCUT2D eigenvalue weighted by Gasteiger charge is -2.22. The van der Waals surface area contributed by atoms with Gasteiger partial charge in [0.05, 0.1) is 17.2 Å². The van der Waals surface area contributed by atoms with Crippen LogP contribution in [0.1, 0.15) is 39.3 Å². The van der Waals surface area contributed by atoms with Crippen molar-refractivity contribution < 1.29 is 9.53 Å². The van der Waals surface area contributed by atoms with Crippen LogP contribution in [0.4, 0.5) is 10.6 Å². The Balaban J connectivity index is 1.86. The molecule has 0 radical (unpaired) electrons. The maximum absolute atomic E-state index is 12.0. The Morgan fingerprint density at radius 2 is 1.88 bits per heavy atom. The predicted molar refractivity (Wildman–Crippen MR) is 103 cm³/mol. The number of anilines is 1. The molecular formula is C20H24N4O2. The fourth-order valence-corrected chi connectivity index (χ4v) is 2.73. The number of benzene rings is 2. The van der Waals surface area contributed by atoms with Gasteiger partial charge in [0.15, 0.2) is 0 Å². The zero-order valence-electron chi connectivity index (χ0n) is 15.5. The van der Waals surface area contributed by atoms with Gasteiger partial charge in [-0.15, -0.1) is 0 Å². The van der Waals surface area contributed by atoms with Crippen LogP contribution < -0.4 is 11.1 Å². The van der Waals surface area contributed by atoms with Crippen molar-refractivity contribution in [2.75, 3.05) is 5.73 Å². The number of nitrogen functional groups attached to an aromatic ring is 1. The molecule has 0 aliphatic carbocycles. The molecule has 26 heavy (non-hydrogen) atoms. The topological polar surface area (TPSA) is 82.2 Å². The largest absolute Gasteiger partial charge is 0.444 e. The van der Waals surface area contributed by atoms with Gasteiger partial charge in [-0.05, 0) is 57.5 Å². The number of alkyl carbamates (subject to hydrolysis) is 1. The van der Waals surface area contributed by atoms with Gasteiger partial charge in [-0.2, -0.15) is 5.10 Å². The Morgan fingerprint density at radius 1 is 1.19 bits per heavy atom. The van der Waals surface area contributed by atoms with E-state index in [1.54, 1.807) is 4.68 Å². The first-order valence-electron chi connectivity index (χ1n) is 8.58.